The van der Waals surface area contributed by atoms with Crippen LogP contribution in [-0.2, 0) is 57.6 Å². The molecule has 0 amide bonds. The Bertz CT molecular complexity index is 4630. The molecule has 0 N–H and O–H groups in total. The molecule has 0 aliphatic heterocycles. The Morgan fingerprint density at radius 3 is 1.63 bits per heavy atom. The first-order valence-corrected chi connectivity index (χ1v) is 28.9. The third-order valence-corrected chi connectivity index (χ3v) is 18.7. The zero-order valence-corrected chi connectivity index (χ0v) is 51.3. The first-order chi connectivity index (χ1) is 43.4. The third-order valence-electron chi connectivity index (χ3n) is 18.7. The van der Waals surface area contributed by atoms with Crippen LogP contribution in [0.5, 0.6) is 0 Å². The molecule has 0 unspecified atom stereocenters. The topological polar surface area (TPSA) is 37.4 Å². The molecule has 82 heavy (non-hydrogen) atoms. The van der Waals surface area contributed by atoms with Crippen LogP contribution in [0, 0.1) is 60.6 Å². The van der Waals surface area contributed by atoms with Crippen molar-refractivity contribution in [3.05, 3.63) is 216 Å². The number of hydrogen-bond donors (Lipinski definition) is 0. The summed E-state index contributed by atoms with van der Waals surface area (Å²) in [4.78, 5) is 8.93. The number of nitrogens with zero attached hydrogens (tertiary/aromatic N) is 5. The molecule has 418 valence electrons. The Hall–Kier alpha value is -7.37. The van der Waals surface area contributed by atoms with Crippen molar-refractivity contribution < 1.29 is 30.2 Å². The molecule has 5 nitrogen and oxygen atoms in total. The summed E-state index contributed by atoms with van der Waals surface area (Å²) in [5, 5.41) is 0. The van der Waals surface area contributed by atoms with Crippen LogP contribution < -0.4 is 13.7 Å². The molecule has 0 saturated heterocycles. The molecule has 5 aromatic heterocycles. The summed E-state index contributed by atoms with van der Waals surface area (Å²) < 4.78 is 102. The van der Waals surface area contributed by atoms with Crippen LogP contribution in [0.3, 0.4) is 0 Å². The van der Waals surface area contributed by atoms with Gasteiger partial charge >= 0.3 is 0 Å². The average molecular weight is 1100 g/mol. The van der Waals surface area contributed by atoms with Crippen molar-refractivity contribution in [2.45, 2.75) is 160 Å². The predicted molar refractivity (Wildman–Crippen MR) is 341 cm³/mol. The van der Waals surface area contributed by atoms with Crippen LogP contribution in [0.1, 0.15) is 185 Å². The molecule has 9 aromatic rings. The van der Waals surface area contributed by atoms with E-state index in [1.54, 1.807) is 18.3 Å². The Kier molecular flexibility index (Phi) is 10.8. The van der Waals surface area contributed by atoms with Crippen LogP contribution in [-0.4, -0.2) is 9.97 Å². The van der Waals surface area contributed by atoms with Gasteiger partial charge in [0.25, 0.3) is 0 Å². The van der Waals surface area contributed by atoms with Gasteiger partial charge in [0, 0.05) is 103 Å². The molecule has 0 bridgehead atoms. The molecule has 13 rings (SSSR count). The van der Waals surface area contributed by atoms with E-state index < -0.39 is 38.2 Å². The molecular weight excluding hydrogens is 995 g/mol. The fourth-order valence-corrected chi connectivity index (χ4v) is 13.7. The van der Waals surface area contributed by atoms with Crippen molar-refractivity contribution in [2.75, 3.05) is 0 Å². The molecule has 5 heteroatoms. The minimum Gasteiger partial charge on any atom is -0.257 e. The van der Waals surface area contributed by atoms with Crippen LogP contribution >= 0.6 is 0 Å². The van der Waals surface area contributed by atoms with E-state index in [1.807, 2.05) is 96.2 Å². The van der Waals surface area contributed by atoms with Crippen LogP contribution in [0.4, 0.5) is 0 Å². The lowest BCUT2D eigenvalue weighted by Gasteiger charge is -2.47. The summed E-state index contributed by atoms with van der Waals surface area (Å²) in [6.07, 6.45) is 6.53. The second-order valence-corrected chi connectivity index (χ2v) is 26.0. The van der Waals surface area contributed by atoms with E-state index in [4.69, 9.17) is 16.4 Å². The van der Waals surface area contributed by atoms with E-state index in [2.05, 4.69) is 143 Å². The SMILES string of the molecule is [2H]C([2H])([2H])c1cc2c([n+](C)c1)-c1c(cc3c(c1C)Cc1ccccc1-3)C(C)(C)C2(C)C.[2H]C([2H])([2H])c1ccc2c(n1)Cc1c-2ccc(-c2cc(C)c(C([2H])(C)C)c[n+]2C)c1C.[2H]C([2H])([2H])c1ccc2c(n1)Cc1c-2ccc(-c2cc(C)c(C([2H])([2H])C(C)(C)C)c[n+]2C)c1C. The smallest absolute Gasteiger partial charge is 0.216 e. The molecule has 0 spiro atoms. The Labute approximate surface area is 508 Å². The monoisotopic (exact) mass is 1090 g/mol. The molecule has 4 aliphatic carbocycles. The van der Waals surface area contributed by atoms with E-state index in [1.165, 1.54) is 55.6 Å². The summed E-state index contributed by atoms with van der Waals surface area (Å²) in [5.41, 5.74) is 30.3. The first-order valence-electron chi connectivity index (χ1n) is 34.9. The van der Waals surface area contributed by atoms with Gasteiger partial charge in [0.1, 0.15) is 21.1 Å². The van der Waals surface area contributed by atoms with Gasteiger partial charge in [-0.05, 0) is 199 Å². The van der Waals surface area contributed by atoms with Gasteiger partial charge in [-0.15, -0.1) is 0 Å². The van der Waals surface area contributed by atoms with Gasteiger partial charge in [-0.1, -0.05) is 111 Å². The quantitative estimate of drug-likeness (QED) is 0.165. The fourth-order valence-electron chi connectivity index (χ4n) is 13.7. The van der Waals surface area contributed by atoms with Crippen molar-refractivity contribution in [3.63, 3.8) is 0 Å². The van der Waals surface area contributed by atoms with Crippen LogP contribution in [0.25, 0.3) is 67.2 Å². The van der Waals surface area contributed by atoms with Gasteiger partial charge in [-0.3, -0.25) is 9.97 Å². The second-order valence-electron chi connectivity index (χ2n) is 26.0. The van der Waals surface area contributed by atoms with Gasteiger partial charge in [0.2, 0.25) is 17.1 Å². The maximum Gasteiger partial charge on any atom is 0.216 e. The highest BCUT2D eigenvalue weighted by Crippen LogP contribution is 2.56. The van der Waals surface area contributed by atoms with E-state index in [-0.39, 0.29) is 22.2 Å². The zero-order chi connectivity index (χ0) is 69.0. The Morgan fingerprint density at radius 2 is 1.07 bits per heavy atom. The number of fused-ring (bicyclic) bond motifs is 12. The van der Waals surface area contributed by atoms with Crippen molar-refractivity contribution in [2.24, 2.45) is 26.6 Å². The second kappa shape index (κ2) is 20.5. The zero-order valence-electron chi connectivity index (χ0n) is 63.3. The third kappa shape index (κ3) is 9.54. The van der Waals surface area contributed by atoms with Gasteiger partial charge in [-0.2, -0.15) is 0 Å². The molecule has 0 fully saturated rings. The number of rotatable bonds is 4. The maximum atomic E-state index is 8.72. The van der Waals surface area contributed by atoms with Crippen molar-refractivity contribution >= 4 is 0 Å². The molecule has 0 saturated carbocycles. The lowest BCUT2D eigenvalue weighted by atomic mass is 9.55. The number of benzene rings is 4. The lowest BCUT2D eigenvalue weighted by Crippen LogP contribution is -2.48. The van der Waals surface area contributed by atoms with Gasteiger partial charge in [0.15, 0.2) is 18.6 Å². The van der Waals surface area contributed by atoms with Gasteiger partial charge in [0.05, 0.1) is 17.0 Å². The maximum absolute atomic E-state index is 8.72. The van der Waals surface area contributed by atoms with Crippen LogP contribution in [0.15, 0.2) is 116 Å². The lowest BCUT2D eigenvalue weighted by molar-refractivity contribution is -0.661. The van der Waals surface area contributed by atoms with E-state index in [9.17, 15) is 0 Å². The van der Waals surface area contributed by atoms with Crippen molar-refractivity contribution in [3.8, 4) is 67.2 Å². The largest absolute Gasteiger partial charge is 0.257 e. The Morgan fingerprint density at radius 1 is 0.549 bits per heavy atom. The highest BCUT2D eigenvalue weighted by atomic mass is 14.9. The molecule has 0 radical (unpaired) electrons. The van der Waals surface area contributed by atoms with E-state index in [0.29, 0.717) is 24.0 Å². The summed E-state index contributed by atoms with van der Waals surface area (Å²) in [6.45, 7) is 22.7. The minimum absolute atomic E-state index is 0.137. The number of hydrogen-bond acceptors (Lipinski definition) is 2. The molecule has 4 aromatic carbocycles. The van der Waals surface area contributed by atoms with E-state index in [0.717, 1.165) is 96.1 Å². The molecule has 5 heterocycles. The summed E-state index contributed by atoms with van der Waals surface area (Å²) in [6, 6.07) is 32.8. The number of pyridine rings is 5. The van der Waals surface area contributed by atoms with Crippen molar-refractivity contribution in [1.82, 2.24) is 9.97 Å². The molecular formula is C77H88N5+3. The molecule has 4 aliphatic rings. The molecule has 0 atom stereocenters. The summed E-state index contributed by atoms with van der Waals surface area (Å²) in [7, 11) is 5.98. The van der Waals surface area contributed by atoms with Crippen LogP contribution in [0.2, 0.25) is 0 Å². The van der Waals surface area contributed by atoms with Crippen molar-refractivity contribution in [1.29, 1.82) is 0 Å². The first kappa shape index (κ1) is 43.3. The number of aryl methyl sites for hydroxylation is 8. The highest BCUT2D eigenvalue weighted by Gasteiger charge is 2.50. The van der Waals surface area contributed by atoms with E-state index >= 15 is 0 Å². The minimum atomic E-state index is -2.21. The standard InChI is InChI=1S/C27H30N.C26H31N2.C24H27N2/c1-16-12-23-25(28(7)15-16)24-17(2)20-13-18-10-8-9-11-19(18)21(20)14-22(24)26(3,4)27(23,5)6;1-16-12-25(28(7)15-19(16)14-26(4,5)6)20-10-11-21-22-9-8-17(2)27-24(22)13-23(21)18(20)3;1-14(2)22-13-26(6)24(11-15(22)3)18-9-10-19-20-8-7-16(4)25-23(20)12-21(19)17(18)5/h8-12,14-15H,13H2,1-7H3;8-12,15H,13-14H2,1-7H3;7-11,13-14H,12H2,1-6H3/q3*+1/i1D3;2D3,14D2;4D3,14D. The summed E-state index contributed by atoms with van der Waals surface area (Å²) >= 11 is 0. The highest BCUT2D eigenvalue weighted by molar-refractivity contribution is 5.87. The van der Waals surface area contributed by atoms with Gasteiger partial charge < -0.3 is 0 Å². The number of aromatic nitrogens is 5. The Balaban J connectivity index is 0.000000144. The predicted octanol–water partition coefficient (Wildman–Crippen LogP) is 16.8. The average Bonchev–Trinajstić information content (AvgIpc) is 0.960. The summed E-state index contributed by atoms with van der Waals surface area (Å²) in [5.74, 6) is -0.652. The van der Waals surface area contributed by atoms with Gasteiger partial charge in [-0.25, -0.2) is 13.7 Å². The normalized spacial score (nSPS) is 17.2. The fraction of sp³-hybridized carbons (Fsp3) is 0.364.